The third-order valence-corrected chi connectivity index (χ3v) is 3.58. The topological polar surface area (TPSA) is 61.5 Å². The Labute approximate surface area is 121 Å². The number of rotatable bonds is 1. The molecule has 1 aliphatic rings. The first-order valence-corrected chi connectivity index (χ1v) is 6.47. The average Bonchev–Trinajstić information content (AvgIpc) is 2.55. The molecule has 1 aliphatic heterocycles. The van der Waals surface area contributed by atoms with E-state index in [1.54, 1.807) is 18.2 Å². The van der Waals surface area contributed by atoms with Crippen molar-refractivity contribution in [3.63, 3.8) is 0 Å². The minimum Gasteiger partial charge on any atom is -0.497 e. The number of carbonyl (C=O) groups is 1. The molecule has 4 nitrogen and oxygen atoms in total. The maximum absolute atomic E-state index is 14.5. The first kappa shape index (κ1) is 13.4. The predicted molar refractivity (Wildman–Crippen MR) is 76.9 cm³/mol. The zero-order chi connectivity index (χ0) is 15.1. The molecule has 5 heteroatoms. The van der Waals surface area contributed by atoms with Crippen LogP contribution in [-0.4, -0.2) is 13.1 Å². The van der Waals surface area contributed by atoms with E-state index < -0.39 is 11.8 Å². The lowest BCUT2D eigenvalue weighted by Crippen LogP contribution is -2.09. The molecular formula is C16H14FNO3. The number of anilines is 1. The van der Waals surface area contributed by atoms with E-state index in [4.69, 9.17) is 15.2 Å². The molecule has 2 aromatic rings. The van der Waals surface area contributed by atoms with Crippen LogP contribution >= 0.6 is 0 Å². The van der Waals surface area contributed by atoms with Gasteiger partial charge in [-0.2, -0.15) is 0 Å². The molecule has 2 aromatic carbocycles. The maximum atomic E-state index is 14.5. The smallest absolute Gasteiger partial charge is 0.315 e. The summed E-state index contributed by atoms with van der Waals surface area (Å²) in [5.41, 5.74) is 8.57. The Morgan fingerprint density at radius 2 is 2.05 bits per heavy atom. The Balaban J connectivity index is 2.33. The van der Waals surface area contributed by atoms with E-state index in [9.17, 15) is 9.18 Å². The van der Waals surface area contributed by atoms with Crippen LogP contribution in [0.2, 0.25) is 0 Å². The number of hydrogen-bond donors (Lipinski definition) is 1. The summed E-state index contributed by atoms with van der Waals surface area (Å²) in [6, 6.07) is 6.24. The molecule has 0 atom stereocenters. The summed E-state index contributed by atoms with van der Waals surface area (Å²) in [6.07, 6.45) is -0.0168. The van der Waals surface area contributed by atoms with Crippen LogP contribution in [0.1, 0.15) is 11.1 Å². The highest BCUT2D eigenvalue weighted by Gasteiger charge is 2.25. The molecule has 0 spiro atoms. The second-order valence-electron chi connectivity index (χ2n) is 5.00. The van der Waals surface area contributed by atoms with Crippen molar-refractivity contribution in [2.45, 2.75) is 13.3 Å². The number of aryl methyl sites for hydroxylation is 1. The van der Waals surface area contributed by atoms with Gasteiger partial charge in [0.2, 0.25) is 0 Å². The highest BCUT2D eigenvalue weighted by Crippen LogP contribution is 2.41. The third-order valence-electron chi connectivity index (χ3n) is 3.58. The summed E-state index contributed by atoms with van der Waals surface area (Å²) >= 11 is 0. The number of benzene rings is 2. The van der Waals surface area contributed by atoms with Gasteiger partial charge in [-0.25, -0.2) is 4.39 Å². The molecule has 108 valence electrons. The van der Waals surface area contributed by atoms with Gasteiger partial charge in [-0.1, -0.05) is 0 Å². The third kappa shape index (κ3) is 2.20. The van der Waals surface area contributed by atoms with Crippen molar-refractivity contribution < 1.29 is 18.7 Å². The highest BCUT2D eigenvalue weighted by atomic mass is 19.1. The van der Waals surface area contributed by atoms with Gasteiger partial charge in [0.1, 0.15) is 17.3 Å². The molecule has 0 saturated carbocycles. The number of nitrogen functional groups attached to an aromatic ring is 1. The molecule has 0 unspecified atom stereocenters. The molecule has 0 amide bonds. The van der Waals surface area contributed by atoms with Crippen LogP contribution in [0.5, 0.6) is 11.5 Å². The van der Waals surface area contributed by atoms with Crippen molar-refractivity contribution in [1.82, 2.24) is 0 Å². The summed E-state index contributed by atoms with van der Waals surface area (Å²) in [5.74, 6) is -0.250. The van der Waals surface area contributed by atoms with Gasteiger partial charge >= 0.3 is 5.97 Å². The standard InChI is InChI=1S/C16H14FNO3/c1-8-3-11-14(7-13(8)18)21-15(19)5-9-4-10(20-2)6-12(17)16(9)11/h3-4,6-7H,5,18H2,1-2H3. The SMILES string of the molecule is COc1cc(F)c2c(c1)CC(=O)Oc1cc(N)c(C)cc1-2. The second kappa shape index (κ2) is 4.77. The number of fused-ring (bicyclic) bond motifs is 3. The summed E-state index contributed by atoms with van der Waals surface area (Å²) in [5, 5.41) is 0. The lowest BCUT2D eigenvalue weighted by Gasteiger charge is -2.12. The van der Waals surface area contributed by atoms with Gasteiger partial charge < -0.3 is 15.2 Å². The number of hydrogen-bond acceptors (Lipinski definition) is 4. The highest BCUT2D eigenvalue weighted by molar-refractivity contribution is 5.88. The average molecular weight is 287 g/mol. The van der Waals surface area contributed by atoms with Crippen molar-refractivity contribution in [2.24, 2.45) is 0 Å². The number of esters is 1. The number of ether oxygens (including phenoxy) is 2. The minimum absolute atomic E-state index is 0.0168. The van der Waals surface area contributed by atoms with E-state index in [1.807, 2.05) is 6.92 Å². The predicted octanol–water partition coefficient (Wildman–Crippen LogP) is 2.85. The number of methoxy groups -OCH3 is 1. The van der Waals surface area contributed by atoms with Crippen molar-refractivity contribution in [3.8, 4) is 22.6 Å². The molecule has 0 aliphatic carbocycles. The Morgan fingerprint density at radius 3 is 2.76 bits per heavy atom. The fraction of sp³-hybridized carbons (Fsp3) is 0.188. The van der Waals surface area contributed by atoms with Crippen LogP contribution in [-0.2, 0) is 11.2 Å². The van der Waals surface area contributed by atoms with Gasteiger partial charge in [0.15, 0.2) is 0 Å². The fourth-order valence-corrected chi connectivity index (χ4v) is 2.49. The normalized spacial score (nSPS) is 13.0. The number of halogens is 1. The van der Waals surface area contributed by atoms with E-state index in [0.29, 0.717) is 28.1 Å². The minimum atomic E-state index is -0.453. The molecule has 21 heavy (non-hydrogen) atoms. The lowest BCUT2D eigenvalue weighted by atomic mass is 9.95. The zero-order valence-corrected chi connectivity index (χ0v) is 11.7. The summed E-state index contributed by atoms with van der Waals surface area (Å²) in [6.45, 7) is 1.82. The fourth-order valence-electron chi connectivity index (χ4n) is 2.49. The van der Waals surface area contributed by atoms with Crippen molar-refractivity contribution in [1.29, 1.82) is 0 Å². The largest absolute Gasteiger partial charge is 0.497 e. The van der Waals surface area contributed by atoms with Crippen LogP contribution < -0.4 is 15.2 Å². The van der Waals surface area contributed by atoms with Gasteiger partial charge in [-0.3, -0.25) is 4.79 Å². The first-order valence-electron chi connectivity index (χ1n) is 6.47. The second-order valence-corrected chi connectivity index (χ2v) is 5.00. The van der Waals surface area contributed by atoms with Crippen molar-refractivity contribution in [3.05, 3.63) is 41.2 Å². The summed E-state index contributed by atoms with van der Waals surface area (Å²) < 4.78 is 24.8. The van der Waals surface area contributed by atoms with E-state index in [2.05, 4.69) is 0 Å². The summed E-state index contributed by atoms with van der Waals surface area (Å²) in [7, 11) is 1.45. The maximum Gasteiger partial charge on any atom is 0.315 e. The molecule has 2 N–H and O–H groups in total. The van der Waals surface area contributed by atoms with Gasteiger partial charge in [0.25, 0.3) is 0 Å². The molecule has 3 rings (SSSR count). The van der Waals surface area contributed by atoms with Gasteiger partial charge in [0.05, 0.1) is 13.5 Å². The Kier molecular flexibility index (Phi) is 3.05. The van der Waals surface area contributed by atoms with Crippen LogP contribution in [0.4, 0.5) is 10.1 Å². The number of nitrogens with two attached hydrogens (primary N) is 1. The first-order chi connectivity index (χ1) is 9.99. The van der Waals surface area contributed by atoms with Crippen LogP contribution in [0.25, 0.3) is 11.1 Å². The molecule has 0 radical (unpaired) electrons. The summed E-state index contributed by atoms with van der Waals surface area (Å²) in [4.78, 5) is 11.9. The van der Waals surface area contributed by atoms with Crippen LogP contribution in [0, 0.1) is 12.7 Å². The molecule has 0 aromatic heterocycles. The van der Waals surface area contributed by atoms with Crippen LogP contribution in [0.3, 0.4) is 0 Å². The Hall–Kier alpha value is -2.56. The van der Waals surface area contributed by atoms with E-state index >= 15 is 0 Å². The van der Waals surface area contributed by atoms with Gasteiger partial charge in [-0.05, 0) is 30.2 Å². The van der Waals surface area contributed by atoms with Crippen LogP contribution in [0.15, 0.2) is 24.3 Å². The molecule has 1 heterocycles. The van der Waals surface area contributed by atoms with E-state index in [1.165, 1.54) is 13.2 Å². The monoisotopic (exact) mass is 287 g/mol. The van der Waals surface area contributed by atoms with Gasteiger partial charge in [0, 0.05) is 28.9 Å². The van der Waals surface area contributed by atoms with E-state index in [0.717, 1.165) is 5.56 Å². The molecular weight excluding hydrogens is 273 g/mol. The van der Waals surface area contributed by atoms with Gasteiger partial charge in [-0.15, -0.1) is 0 Å². The van der Waals surface area contributed by atoms with Crippen molar-refractivity contribution in [2.75, 3.05) is 12.8 Å². The number of carbonyl (C=O) groups excluding carboxylic acids is 1. The lowest BCUT2D eigenvalue weighted by molar-refractivity contribution is -0.133. The molecule has 0 fully saturated rings. The van der Waals surface area contributed by atoms with Crippen molar-refractivity contribution >= 4 is 11.7 Å². The molecule has 0 saturated heterocycles. The molecule has 0 bridgehead atoms. The van der Waals surface area contributed by atoms with E-state index in [-0.39, 0.29) is 12.2 Å². The Bertz CT molecular complexity index is 756. The Morgan fingerprint density at radius 1 is 1.29 bits per heavy atom. The zero-order valence-electron chi connectivity index (χ0n) is 11.7. The quantitative estimate of drug-likeness (QED) is 0.498.